The molecular formula is C21H21N3O2. The largest absolute Gasteiger partial charge is 0.327 e. The van der Waals surface area contributed by atoms with E-state index in [2.05, 4.69) is 5.32 Å². The highest BCUT2D eigenvalue weighted by atomic mass is 16.2. The summed E-state index contributed by atoms with van der Waals surface area (Å²) >= 11 is 0. The number of aryl methyl sites for hydroxylation is 2. The van der Waals surface area contributed by atoms with Gasteiger partial charge in [0.05, 0.1) is 23.9 Å². The standard InChI is InChI=1S/C21H21N3O2/c1-13-4-8-15(9-5-13)19-18-17(23(3)21(26)22-19)12-24(20(18)25)16-10-6-14(2)7-11-16/h4-11,19H,12H2,1-3H3,(H,22,26)/t19-/m1/s1. The quantitative estimate of drug-likeness (QED) is 0.906. The Balaban J connectivity index is 1.75. The van der Waals surface area contributed by atoms with Crippen molar-refractivity contribution >= 4 is 17.6 Å². The molecule has 26 heavy (non-hydrogen) atoms. The number of carbonyl (C=O) groups excluding carboxylic acids is 2. The molecule has 2 aromatic rings. The molecule has 0 spiro atoms. The molecule has 5 nitrogen and oxygen atoms in total. The minimum absolute atomic E-state index is 0.0544. The van der Waals surface area contributed by atoms with Gasteiger partial charge in [-0.3, -0.25) is 9.69 Å². The van der Waals surface area contributed by atoms with Gasteiger partial charge in [0.15, 0.2) is 0 Å². The van der Waals surface area contributed by atoms with Gasteiger partial charge in [-0.2, -0.15) is 0 Å². The van der Waals surface area contributed by atoms with Crippen molar-refractivity contribution in [3.05, 3.63) is 76.5 Å². The first-order valence-electron chi connectivity index (χ1n) is 8.68. The number of carbonyl (C=O) groups is 2. The number of hydrogen-bond acceptors (Lipinski definition) is 2. The Kier molecular flexibility index (Phi) is 3.80. The fraction of sp³-hybridized carbons (Fsp3) is 0.238. The van der Waals surface area contributed by atoms with E-state index >= 15 is 0 Å². The first-order chi connectivity index (χ1) is 12.5. The van der Waals surface area contributed by atoms with Gasteiger partial charge >= 0.3 is 6.03 Å². The summed E-state index contributed by atoms with van der Waals surface area (Å²) in [5, 5.41) is 2.97. The van der Waals surface area contributed by atoms with Crippen LogP contribution in [0, 0.1) is 13.8 Å². The summed E-state index contributed by atoms with van der Waals surface area (Å²) in [5.74, 6) is -0.0544. The summed E-state index contributed by atoms with van der Waals surface area (Å²) < 4.78 is 0. The normalized spacial score (nSPS) is 19.7. The average molecular weight is 347 g/mol. The van der Waals surface area contributed by atoms with Crippen molar-refractivity contribution in [1.82, 2.24) is 10.2 Å². The molecule has 2 aromatic carbocycles. The highest BCUT2D eigenvalue weighted by molar-refractivity contribution is 6.11. The van der Waals surface area contributed by atoms with Crippen molar-refractivity contribution in [1.29, 1.82) is 0 Å². The molecular weight excluding hydrogens is 326 g/mol. The molecule has 2 aliphatic heterocycles. The predicted molar refractivity (Wildman–Crippen MR) is 101 cm³/mol. The van der Waals surface area contributed by atoms with Crippen molar-refractivity contribution in [2.45, 2.75) is 19.9 Å². The second-order valence-corrected chi connectivity index (χ2v) is 6.94. The van der Waals surface area contributed by atoms with Gasteiger partial charge in [0, 0.05) is 12.7 Å². The van der Waals surface area contributed by atoms with E-state index in [1.54, 1.807) is 16.8 Å². The van der Waals surface area contributed by atoms with Crippen molar-refractivity contribution in [2.24, 2.45) is 0 Å². The number of amides is 3. The van der Waals surface area contributed by atoms with Crippen LogP contribution in [-0.4, -0.2) is 30.4 Å². The van der Waals surface area contributed by atoms with E-state index < -0.39 is 6.04 Å². The lowest BCUT2D eigenvalue weighted by Crippen LogP contribution is -2.45. The monoisotopic (exact) mass is 347 g/mol. The number of nitrogens with zero attached hydrogens (tertiary/aromatic N) is 2. The predicted octanol–water partition coefficient (Wildman–Crippen LogP) is 3.30. The summed E-state index contributed by atoms with van der Waals surface area (Å²) in [5.41, 5.74) is 5.47. The second kappa shape index (κ2) is 6.02. The Bertz CT molecular complexity index is 913. The fourth-order valence-electron chi connectivity index (χ4n) is 3.51. The molecule has 0 saturated carbocycles. The van der Waals surface area contributed by atoms with E-state index in [4.69, 9.17) is 0 Å². The molecule has 0 aliphatic carbocycles. The Labute approximate surface area is 152 Å². The first kappa shape index (κ1) is 16.4. The minimum atomic E-state index is -0.419. The molecule has 0 fully saturated rings. The van der Waals surface area contributed by atoms with Gasteiger partial charge in [-0.15, -0.1) is 0 Å². The minimum Gasteiger partial charge on any atom is -0.327 e. The zero-order valence-corrected chi connectivity index (χ0v) is 15.1. The van der Waals surface area contributed by atoms with E-state index in [1.165, 1.54) is 0 Å². The lowest BCUT2D eigenvalue weighted by Gasteiger charge is -2.31. The van der Waals surface area contributed by atoms with Gasteiger partial charge in [-0.1, -0.05) is 47.5 Å². The van der Waals surface area contributed by atoms with Gasteiger partial charge in [-0.25, -0.2) is 4.79 Å². The van der Waals surface area contributed by atoms with Crippen LogP contribution in [-0.2, 0) is 4.79 Å². The van der Waals surface area contributed by atoms with Crippen LogP contribution in [0.3, 0.4) is 0 Å². The zero-order valence-electron chi connectivity index (χ0n) is 15.1. The maximum absolute atomic E-state index is 13.2. The summed E-state index contributed by atoms with van der Waals surface area (Å²) in [6.07, 6.45) is 0. The summed E-state index contributed by atoms with van der Waals surface area (Å²) in [7, 11) is 1.71. The highest BCUT2D eigenvalue weighted by Gasteiger charge is 2.43. The van der Waals surface area contributed by atoms with Crippen LogP contribution in [0.5, 0.6) is 0 Å². The third-order valence-electron chi connectivity index (χ3n) is 5.12. The maximum Gasteiger partial charge on any atom is 0.322 e. The number of rotatable bonds is 2. The van der Waals surface area contributed by atoms with Crippen molar-refractivity contribution < 1.29 is 9.59 Å². The Morgan fingerprint density at radius 2 is 1.50 bits per heavy atom. The van der Waals surface area contributed by atoms with E-state index in [-0.39, 0.29) is 11.9 Å². The molecule has 1 N–H and O–H groups in total. The number of benzene rings is 2. The van der Waals surface area contributed by atoms with Crippen LogP contribution in [0.4, 0.5) is 10.5 Å². The number of hydrogen-bond donors (Lipinski definition) is 1. The molecule has 2 heterocycles. The van der Waals surface area contributed by atoms with Crippen LogP contribution < -0.4 is 10.2 Å². The van der Waals surface area contributed by atoms with Gasteiger partial charge in [0.25, 0.3) is 5.91 Å². The average Bonchev–Trinajstić information content (AvgIpc) is 2.97. The Morgan fingerprint density at radius 1 is 0.923 bits per heavy atom. The number of likely N-dealkylation sites (N-methyl/N-ethyl adjacent to an activating group) is 1. The van der Waals surface area contributed by atoms with Crippen molar-refractivity contribution in [2.75, 3.05) is 18.5 Å². The Hall–Kier alpha value is -3.08. The van der Waals surface area contributed by atoms with Crippen LogP contribution in [0.25, 0.3) is 0 Å². The van der Waals surface area contributed by atoms with Gasteiger partial charge in [0.1, 0.15) is 0 Å². The van der Waals surface area contributed by atoms with Crippen molar-refractivity contribution in [3.63, 3.8) is 0 Å². The zero-order chi connectivity index (χ0) is 18.4. The first-order valence-corrected chi connectivity index (χ1v) is 8.68. The van der Waals surface area contributed by atoms with Gasteiger partial charge in [0.2, 0.25) is 0 Å². The molecule has 0 unspecified atom stereocenters. The third-order valence-corrected chi connectivity index (χ3v) is 5.12. The van der Waals surface area contributed by atoms with Crippen LogP contribution in [0.15, 0.2) is 59.8 Å². The molecule has 132 valence electrons. The van der Waals surface area contributed by atoms with Gasteiger partial charge < -0.3 is 10.2 Å². The smallest absolute Gasteiger partial charge is 0.322 e. The van der Waals surface area contributed by atoms with Gasteiger partial charge in [-0.05, 0) is 31.5 Å². The topological polar surface area (TPSA) is 52.7 Å². The number of anilines is 1. The molecule has 0 radical (unpaired) electrons. The second-order valence-electron chi connectivity index (χ2n) is 6.94. The molecule has 1 atom stereocenters. The third kappa shape index (κ3) is 2.56. The molecule has 4 rings (SSSR count). The summed E-state index contributed by atoms with van der Waals surface area (Å²) in [6, 6.07) is 15.2. The lowest BCUT2D eigenvalue weighted by atomic mass is 9.95. The fourth-order valence-corrected chi connectivity index (χ4v) is 3.51. The molecule has 3 amide bonds. The molecule has 0 aromatic heterocycles. The van der Waals surface area contributed by atoms with E-state index in [9.17, 15) is 9.59 Å². The Morgan fingerprint density at radius 3 is 2.12 bits per heavy atom. The van der Waals surface area contributed by atoms with E-state index in [0.717, 1.165) is 28.1 Å². The lowest BCUT2D eigenvalue weighted by molar-refractivity contribution is -0.114. The molecule has 0 bridgehead atoms. The van der Waals surface area contributed by atoms with E-state index in [1.807, 2.05) is 62.4 Å². The number of urea groups is 1. The van der Waals surface area contributed by atoms with E-state index in [0.29, 0.717) is 12.1 Å². The maximum atomic E-state index is 13.2. The van der Waals surface area contributed by atoms with Crippen LogP contribution >= 0.6 is 0 Å². The summed E-state index contributed by atoms with van der Waals surface area (Å²) in [4.78, 5) is 28.9. The molecule has 5 heteroatoms. The van der Waals surface area contributed by atoms with Crippen LogP contribution in [0.1, 0.15) is 22.7 Å². The summed E-state index contributed by atoms with van der Waals surface area (Å²) in [6.45, 7) is 4.44. The number of nitrogens with one attached hydrogen (secondary N) is 1. The SMILES string of the molecule is Cc1ccc([C@H]2NC(=O)N(C)C3=C2C(=O)N(c2ccc(C)cc2)C3)cc1. The molecule has 0 saturated heterocycles. The molecule has 2 aliphatic rings. The van der Waals surface area contributed by atoms with Crippen molar-refractivity contribution in [3.8, 4) is 0 Å². The van der Waals surface area contributed by atoms with Crippen LogP contribution in [0.2, 0.25) is 0 Å². The highest BCUT2D eigenvalue weighted by Crippen LogP contribution is 2.37.